The number of halogens is 3. The van der Waals surface area contributed by atoms with Crippen LogP contribution in [0.2, 0.25) is 0 Å². The van der Waals surface area contributed by atoms with E-state index in [0.717, 1.165) is 12.1 Å². The molecule has 0 aliphatic rings. The number of aryl methyl sites for hydroxylation is 1. The molecule has 0 N–H and O–H groups in total. The molecule has 2 rings (SSSR count). The lowest BCUT2D eigenvalue weighted by atomic mass is 10.1. The summed E-state index contributed by atoms with van der Waals surface area (Å²) >= 11 is 0. The van der Waals surface area contributed by atoms with Gasteiger partial charge in [-0.15, -0.1) is 0 Å². The first-order valence-corrected chi connectivity index (χ1v) is 6.10. The molecule has 1 aromatic heterocycles. The summed E-state index contributed by atoms with van der Waals surface area (Å²) in [5.74, 6) is 0. The van der Waals surface area contributed by atoms with Crippen LogP contribution in [0.4, 0.5) is 13.2 Å². The van der Waals surface area contributed by atoms with Crippen LogP contribution in [0.15, 0.2) is 35.1 Å². The predicted octanol–water partition coefficient (Wildman–Crippen LogP) is 2.63. The molecule has 1 aromatic carbocycles. The van der Waals surface area contributed by atoms with Gasteiger partial charge in [-0.25, -0.2) is 4.98 Å². The van der Waals surface area contributed by atoms with Gasteiger partial charge in [-0.1, -0.05) is 12.1 Å². The van der Waals surface area contributed by atoms with E-state index >= 15 is 0 Å². The molecule has 7 heteroatoms. The predicted molar refractivity (Wildman–Crippen MR) is 70.3 cm³/mol. The van der Waals surface area contributed by atoms with Crippen LogP contribution in [0.3, 0.4) is 0 Å². The van der Waals surface area contributed by atoms with Gasteiger partial charge in [-0.2, -0.15) is 13.2 Å². The van der Waals surface area contributed by atoms with Crippen LogP contribution in [0.25, 0.3) is 0 Å². The number of aromatic nitrogens is 2. The number of methoxy groups -OCH3 is 1. The molecule has 0 saturated carbocycles. The number of ether oxygens (including phenoxy) is 1. The number of rotatable bonds is 3. The first kappa shape index (κ1) is 15.1. The van der Waals surface area contributed by atoms with E-state index in [-0.39, 0.29) is 18.1 Å². The second-order valence-electron chi connectivity index (χ2n) is 4.50. The maximum Gasteiger partial charge on any atom is 0.416 e. The zero-order chi connectivity index (χ0) is 15.6. The summed E-state index contributed by atoms with van der Waals surface area (Å²) in [4.78, 5) is 16.0. The molecule has 0 spiro atoms. The van der Waals surface area contributed by atoms with Gasteiger partial charge in [0, 0.05) is 11.8 Å². The Bertz CT molecular complexity index is 691. The zero-order valence-corrected chi connectivity index (χ0v) is 11.4. The number of hydrogen-bond acceptors (Lipinski definition) is 3. The van der Waals surface area contributed by atoms with Crippen molar-refractivity contribution in [3.05, 3.63) is 57.5 Å². The molecule has 112 valence electrons. The van der Waals surface area contributed by atoms with Gasteiger partial charge in [0.1, 0.15) is 0 Å². The Morgan fingerprint density at radius 2 is 1.86 bits per heavy atom. The van der Waals surface area contributed by atoms with Crippen LogP contribution >= 0.6 is 0 Å². The van der Waals surface area contributed by atoms with Gasteiger partial charge in [0.05, 0.1) is 19.2 Å². The second-order valence-corrected chi connectivity index (χ2v) is 4.50. The SMILES string of the molecule is COc1nc(C)cc(=O)n1Cc1ccc(C(F)(F)F)cc1. The largest absolute Gasteiger partial charge is 0.468 e. The van der Waals surface area contributed by atoms with E-state index in [9.17, 15) is 18.0 Å². The number of benzene rings is 1. The van der Waals surface area contributed by atoms with Gasteiger partial charge >= 0.3 is 6.18 Å². The highest BCUT2D eigenvalue weighted by molar-refractivity contribution is 5.25. The standard InChI is InChI=1S/C14H13F3N2O2/c1-9-7-12(20)19(13(18-9)21-2)8-10-3-5-11(6-4-10)14(15,16)17/h3-7H,8H2,1-2H3. The Morgan fingerprint density at radius 1 is 1.24 bits per heavy atom. The Hall–Kier alpha value is -2.31. The molecule has 21 heavy (non-hydrogen) atoms. The molecule has 0 fully saturated rings. The number of nitrogens with zero attached hydrogens (tertiary/aromatic N) is 2. The highest BCUT2D eigenvalue weighted by atomic mass is 19.4. The minimum Gasteiger partial charge on any atom is -0.468 e. The van der Waals surface area contributed by atoms with E-state index in [0.29, 0.717) is 11.3 Å². The lowest BCUT2D eigenvalue weighted by Gasteiger charge is -2.12. The van der Waals surface area contributed by atoms with Gasteiger partial charge < -0.3 is 4.74 Å². The fourth-order valence-electron chi connectivity index (χ4n) is 1.88. The number of hydrogen-bond donors (Lipinski definition) is 0. The Labute approximate surface area is 118 Å². The molecule has 0 unspecified atom stereocenters. The maximum atomic E-state index is 12.5. The van der Waals surface area contributed by atoms with E-state index < -0.39 is 11.7 Å². The monoisotopic (exact) mass is 298 g/mol. The van der Waals surface area contributed by atoms with Crippen LogP contribution < -0.4 is 10.3 Å². The van der Waals surface area contributed by atoms with Gasteiger partial charge in [-0.05, 0) is 24.6 Å². The molecule has 0 atom stereocenters. The molecule has 0 amide bonds. The van der Waals surface area contributed by atoms with E-state index in [1.807, 2.05) is 0 Å². The van der Waals surface area contributed by atoms with E-state index in [1.54, 1.807) is 6.92 Å². The normalized spacial score (nSPS) is 11.5. The van der Waals surface area contributed by atoms with Crippen LogP contribution in [0.1, 0.15) is 16.8 Å². The highest BCUT2D eigenvalue weighted by Crippen LogP contribution is 2.29. The summed E-state index contributed by atoms with van der Waals surface area (Å²) in [5, 5.41) is 0. The molecule has 0 bridgehead atoms. The Balaban J connectivity index is 2.33. The molecule has 0 aliphatic carbocycles. The molecule has 1 heterocycles. The summed E-state index contributed by atoms with van der Waals surface area (Å²) in [5.41, 5.74) is 0.0152. The van der Waals surface area contributed by atoms with Crippen molar-refractivity contribution in [2.45, 2.75) is 19.6 Å². The van der Waals surface area contributed by atoms with E-state index in [4.69, 9.17) is 4.74 Å². The lowest BCUT2D eigenvalue weighted by molar-refractivity contribution is -0.137. The van der Waals surface area contributed by atoms with Crippen molar-refractivity contribution in [1.29, 1.82) is 0 Å². The van der Waals surface area contributed by atoms with Crippen LogP contribution in [0.5, 0.6) is 6.01 Å². The Kier molecular flexibility index (Phi) is 4.02. The van der Waals surface area contributed by atoms with Crippen molar-refractivity contribution >= 4 is 0 Å². The van der Waals surface area contributed by atoms with Gasteiger partial charge in [-0.3, -0.25) is 9.36 Å². The summed E-state index contributed by atoms with van der Waals surface area (Å²) in [7, 11) is 1.38. The molecule has 2 aromatic rings. The van der Waals surface area contributed by atoms with Crippen LogP contribution in [-0.2, 0) is 12.7 Å². The smallest absolute Gasteiger partial charge is 0.416 e. The van der Waals surface area contributed by atoms with Crippen molar-refractivity contribution in [2.24, 2.45) is 0 Å². The van der Waals surface area contributed by atoms with Crippen LogP contribution in [-0.4, -0.2) is 16.7 Å². The van der Waals surface area contributed by atoms with Gasteiger partial charge in [0.2, 0.25) is 0 Å². The highest BCUT2D eigenvalue weighted by Gasteiger charge is 2.29. The van der Waals surface area contributed by atoms with Crippen molar-refractivity contribution in [3.8, 4) is 6.01 Å². The van der Waals surface area contributed by atoms with Gasteiger partial charge in [0.25, 0.3) is 11.6 Å². The quantitative estimate of drug-likeness (QED) is 0.875. The van der Waals surface area contributed by atoms with Crippen molar-refractivity contribution in [3.63, 3.8) is 0 Å². The fraction of sp³-hybridized carbons (Fsp3) is 0.286. The fourth-order valence-corrected chi connectivity index (χ4v) is 1.88. The summed E-state index contributed by atoms with van der Waals surface area (Å²) in [6.45, 7) is 1.75. The third-order valence-electron chi connectivity index (χ3n) is 2.91. The van der Waals surface area contributed by atoms with E-state index in [2.05, 4.69) is 4.98 Å². The van der Waals surface area contributed by atoms with Gasteiger partial charge in [0.15, 0.2) is 0 Å². The first-order chi connectivity index (χ1) is 9.81. The lowest BCUT2D eigenvalue weighted by Crippen LogP contribution is -2.23. The molecule has 0 radical (unpaired) electrons. The molecule has 4 nitrogen and oxygen atoms in total. The minimum absolute atomic E-state index is 0.0907. The average molecular weight is 298 g/mol. The zero-order valence-electron chi connectivity index (χ0n) is 11.4. The third-order valence-corrected chi connectivity index (χ3v) is 2.91. The second kappa shape index (κ2) is 5.59. The molecular weight excluding hydrogens is 285 g/mol. The van der Waals surface area contributed by atoms with Crippen molar-refractivity contribution < 1.29 is 17.9 Å². The number of alkyl halides is 3. The summed E-state index contributed by atoms with van der Waals surface area (Å²) < 4.78 is 43.8. The minimum atomic E-state index is -4.38. The van der Waals surface area contributed by atoms with Crippen molar-refractivity contribution in [1.82, 2.24) is 9.55 Å². The molecule has 0 aliphatic heterocycles. The third kappa shape index (κ3) is 3.42. The average Bonchev–Trinajstić information content (AvgIpc) is 2.41. The summed E-state index contributed by atoms with van der Waals surface area (Å²) in [6.07, 6.45) is -4.38. The maximum absolute atomic E-state index is 12.5. The summed E-state index contributed by atoms with van der Waals surface area (Å²) in [6, 6.07) is 6.08. The molecule has 0 saturated heterocycles. The Morgan fingerprint density at radius 3 is 2.38 bits per heavy atom. The topological polar surface area (TPSA) is 44.1 Å². The van der Waals surface area contributed by atoms with Crippen molar-refractivity contribution in [2.75, 3.05) is 7.11 Å². The molecular formula is C14H13F3N2O2. The van der Waals surface area contributed by atoms with E-state index in [1.165, 1.54) is 29.9 Å². The van der Waals surface area contributed by atoms with Crippen LogP contribution in [0, 0.1) is 6.92 Å². The first-order valence-electron chi connectivity index (χ1n) is 6.10.